The second kappa shape index (κ2) is 20.4. The first-order valence-electron chi connectivity index (χ1n) is 19.7. The smallest absolute Gasteiger partial charge is 0.0633 e. The van der Waals surface area contributed by atoms with E-state index >= 15 is 0 Å². The summed E-state index contributed by atoms with van der Waals surface area (Å²) in [6.07, 6.45) is 3.26. The van der Waals surface area contributed by atoms with E-state index in [1.54, 1.807) is 0 Å². The van der Waals surface area contributed by atoms with Crippen molar-refractivity contribution in [2.75, 3.05) is 0 Å². The zero-order chi connectivity index (χ0) is 39.9. The molecule has 0 radical (unpaired) electrons. The maximum atomic E-state index is 4.78. The van der Waals surface area contributed by atoms with Gasteiger partial charge < -0.3 is 0 Å². The van der Waals surface area contributed by atoms with Gasteiger partial charge in [-0.15, -0.1) is 13.2 Å². The Morgan fingerprint density at radius 2 is 1.02 bits per heavy atom. The van der Waals surface area contributed by atoms with Gasteiger partial charge in [0.2, 0.25) is 0 Å². The van der Waals surface area contributed by atoms with Crippen molar-refractivity contribution in [1.29, 1.82) is 0 Å². The zero-order valence-electron chi connectivity index (χ0n) is 33.9. The van der Waals surface area contributed by atoms with Crippen molar-refractivity contribution in [2.24, 2.45) is 4.99 Å². The van der Waals surface area contributed by atoms with Crippen LogP contribution in [0.25, 0.3) is 50.2 Å². The normalized spacial score (nSPS) is 10.8. The van der Waals surface area contributed by atoms with Crippen molar-refractivity contribution in [3.8, 4) is 44.5 Å². The van der Waals surface area contributed by atoms with Crippen LogP contribution in [0.4, 0.5) is 0 Å². The molecule has 0 bridgehead atoms. The first kappa shape index (κ1) is 40.9. The number of nitrogens with zero attached hydrogens (tertiary/aromatic N) is 1. The van der Waals surface area contributed by atoms with Crippen LogP contribution in [0, 0.1) is 13.8 Å². The van der Waals surface area contributed by atoms with Crippen molar-refractivity contribution in [1.82, 2.24) is 0 Å². The molecule has 0 atom stereocenters. The Labute approximate surface area is 336 Å². The van der Waals surface area contributed by atoms with Crippen LogP contribution in [-0.4, -0.2) is 5.71 Å². The summed E-state index contributed by atoms with van der Waals surface area (Å²) in [5.41, 5.74) is 19.6. The zero-order valence-corrected chi connectivity index (χ0v) is 33.9. The lowest BCUT2D eigenvalue weighted by molar-refractivity contribution is 0.925. The molecule has 0 unspecified atom stereocenters. The molecule has 0 saturated carbocycles. The number of aliphatic imine (C=N–C) groups is 1. The molecule has 0 fully saturated rings. The van der Waals surface area contributed by atoms with Gasteiger partial charge in [0, 0.05) is 5.71 Å². The summed E-state index contributed by atoms with van der Waals surface area (Å²) in [7, 11) is 0. The monoisotopic (exact) mass is 729 g/mol. The molecule has 0 heterocycles. The van der Waals surface area contributed by atoms with Crippen LogP contribution >= 0.6 is 0 Å². The third-order valence-electron chi connectivity index (χ3n) is 10.2. The van der Waals surface area contributed by atoms with Gasteiger partial charge in [-0.1, -0.05) is 191 Å². The Bertz CT molecular complexity index is 2350. The third kappa shape index (κ3) is 10.3. The Morgan fingerprint density at radius 1 is 0.482 bits per heavy atom. The topological polar surface area (TPSA) is 12.4 Å². The van der Waals surface area contributed by atoms with Gasteiger partial charge in [-0.2, -0.15) is 0 Å². The molecule has 0 aliphatic heterocycles. The number of hydrogen-bond donors (Lipinski definition) is 0. The lowest BCUT2D eigenvalue weighted by atomic mass is 9.86. The van der Waals surface area contributed by atoms with Crippen molar-refractivity contribution in [2.45, 2.75) is 53.9 Å². The molecule has 280 valence electrons. The molecule has 0 N–H and O–H groups in total. The summed E-state index contributed by atoms with van der Waals surface area (Å²) < 4.78 is 0. The van der Waals surface area contributed by atoms with E-state index in [4.69, 9.17) is 4.99 Å². The molecule has 7 aromatic rings. The Balaban J connectivity index is 0.000000313. The maximum absolute atomic E-state index is 4.78. The van der Waals surface area contributed by atoms with Gasteiger partial charge in [0.05, 0.1) is 5.70 Å². The van der Waals surface area contributed by atoms with E-state index in [0.29, 0.717) is 0 Å². The summed E-state index contributed by atoms with van der Waals surface area (Å²) in [6, 6.07) is 60.5. The van der Waals surface area contributed by atoms with Crippen molar-refractivity contribution < 1.29 is 0 Å². The lowest BCUT2D eigenvalue weighted by Gasteiger charge is -2.18. The van der Waals surface area contributed by atoms with Crippen LogP contribution in [0.2, 0.25) is 0 Å². The Kier molecular flexibility index (Phi) is 14.9. The fourth-order valence-corrected chi connectivity index (χ4v) is 7.02. The standard InChI is InChI=1S/C39H37N.C14H14.C2H4/c1-6-13-37-36(18-12-19-38(37)35-17-11-10-14-27(35)2)34-21-20-28(3)39(26-34)33-24-22-32(23-25-33)30(5)40-29(4)31-15-8-7-9-16-31;1-2-12-8-10-14(11-9-12)13-6-4-3-5-7-13;1-2/h7-12,14-26H,4,6,13H2,1-3,5H3;3-11H,2H2,1H3;1-2H2. The van der Waals surface area contributed by atoms with E-state index in [1.165, 1.54) is 66.8 Å². The fraction of sp³-hybridized carbons (Fsp3) is 0.145. The van der Waals surface area contributed by atoms with E-state index in [9.17, 15) is 0 Å². The molecule has 1 heteroatoms. The van der Waals surface area contributed by atoms with Gasteiger partial charge in [0.1, 0.15) is 0 Å². The van der Waals surface area contributed by atoms with Crippen LogP contribution in [0.5, 0.6) is 0 Å². The summed E-state index contributed by atoms with van der Waals surface area (Å²) in [5, 5.41) is 0. The minimum Gasteiger partial charge on any atom is -0.253 e. The van der Waals surface area contributed by atoms with Gasteiger partial charge in [-0.05, 0) is 118 Å². The largest absolute Gasteiger partial charge is 0.253 e. The molecule has 0 spiro atoms. The second-order valence-corrected chi connectivity index (χ2v) is 13.9. The van der Waals surface area contributed by atoms with E-state index in [1.807, 2.05) is 43.3 Å². The van der Waals surface area contributed by atoms with E-state index < -0.39 is 0 Å². The van der Waals surface area contributed by atoms with Crippen molar-refractivity contribution in [3.05, 3.63) is 223 Å². The molecule has 7 aromatic carbocycles. The molecule has 1 nitrogen and oxygen atoms in total. The quantitative estimate of drug-likeness (QED) is 0.0982. The van der Waals surface area contributed by atoms with Gasteiger partial charge in [0.15, 0.2) is 0 Å². The molecule has 56 heavy (non-hydrogen) atoms. The highest BCUT2D eigenvalue weighted by Gasteiger charge is 2.14. The predicted molar refractivity (Wildman–Crippen MR) is 246 cm³/mol. The SMILES string of the molecule is C=C.C=C(N=C(C)c1ccc(-c2cc(-c3cccc(-c4ccccc4C)c3CCC)ccc2C)cc1)c1ccccc1.CCc1ccc(-c2ccccc2)cc1. The van der Waals surface area contributed by atoms with Gasteiger partial charge in [0.25, 0.3) is 0 Å². The summed E-state index contributed by atoms with van der Waals surface area (Å²) in [6.45, 7) is 21.1. The summed E-state index contributed by atoms with van der Waals surface area (Å²) in [4.78, 5) is 4.78. The highest BCUT2D eigenvalue weighted by molar-refractivity contribution is 6.02. The van der Waals surface area contributed by atoms with Crippen LogP contribution in [0.1, 0.15) is 60.6 Å². The molecule has 0 saturated heterocycles. The lowest BCUT2D eigenvalue weighted by Crippen LogP contribution is -1.97. The van der Waals surface area contributed by atoms with E-state index in [0.717, 1.165) is 41.8 Å². The minimum absolute atomic E-state index is 0.779. The Morgan fingerprint density at radius 3 is 1.66 bits per heavy atom. The third-order valence-corrected chi connectivity index (χ3v) is 10.2. The van der Waals surface area contributed by atoms with Crippen LogP contribution in [0.15, 0.2) is 195 Å². The Hall–Kier alpha value is -6.31. The van der Waals surface area contributed by atoms with Gasteiger partial charge in [-0.3, -0.25) is 4.99 Å². The van der Waals surface area contributed by atoms with E-state index in [2.05, 4.69) is 181 Å². The molecule has 0 aliphatic carbocycles. The molecule has 0 aliphatic rings. The average molecular weight is 730 g/mol. The highest BCUT2D eigenvalue weighted by atomic mass is 14.7. The molecule has 0 amide bonds. The van der Waals surface area contributed by atoms with Gasteiger partial charge >= 0.3 is 0 Å². The maximum Gasteiger partial charge on any atom is 0.0633 e. The predicted octanol–water partition coefficient (Wildman–Crippen LogP) is 15.5. The molecular formula is C55H55N. The second-order valence-electron chi connectivity index (χ2n) is 13.9. The number of rotatable bonds is 10. The molecule has 0 aromatic heterocycles. The first-order valence-corrected chi connectivity index (χ1v) is 19.7. The van der Waals surface area contributed by atoms with E-state index in [-0.39, 0.29) is 0 Å². The number of aryl methyl sites for hydroxylation is 3. The fourth-order valence-electron chi connectivity index (χ4n) is 7.02. The minimum atomic E-state index is 0.779. The van der Waals surface area contributed by atoms with Crippen LogP contribution in [0.3, 0.4) is 0 Å². The molecular weight excluding hydrogens is 675 g/mol. The number of hydrogen-bond acceptors (Lipinski definition) is 1. The average Bonchev–Trinajstić information content (AvgIpc) is 3.26. The van der Waals surface area contributed by atoms with Crippen molar-refractivity contribution in [3.63, 3.8) is 0 Å². The summed E-state index contributed by atoms with van der Waals surface area (Å²) >= 11 is 0. The van der Waals surface area contributed by atoms with Crippen molar-refractivity contribution >= 4 is 11.4 Å². The first-order chi connectivity index (χ1) is 27.4. The van der Waals surface area contributed by atoms with Crippen LogP contribution < -0.4 is 0 Å². The molecule has 7 rings (SSSR count). The van der Waals surface area contributed by atoms with Crippen LogP contribution in [-0.2, 0) is 12.8 Å². The van der Waals surface area contributed by atoms with Gasteiger partial charge in [-0.25, -0.2) is 0 Å². The highest BCUT2D eigenvalue weighted by Crippen LogP contribution is 2.37. The summed E-state index contributed by atoms with van der Waals surface area (Å²) in [5.74, 6) is 0. The number of benzene rings is 7.